The van der Waals surface area contributed by atoms with E-state index < -0.39 is 0 Å². The highest BCUT2D eigenvalue weighted by Gasteiger charge is 2.10. The van der Waals surface area contributed by atoms with Gasteiger partial charge in [0.15, 0.2) is 0 Å². The Hall–Kier alpha value is -1.31. The lowest BCUT2D eigenvalue weighted by molar-refractivity contribution is 0.648. The van der Waals surface area contributed by atoms with Gasteiger partial charge in [0.25, 0.3) is 0 Å². The van der Waals surface area contributed by atoms with Gasteiger partial charge in [0, 0.05) is 11.1 Å². The number of hydrogen-bond acceptors (Lipinski definition) is 1. The van der Waals surface area contributed by atoms with Crippen molar-refractivity contribution in [2.75, 3.05) is 0 Å². The van der Waals surface area contributed by atoms with Gasteiger partial charge in [0.1, 0.15) is 0 Å². The number of nitrogens with two attached hydrogens (primary N) is 1. The number of halogens is 1. The van der Waals surface area contributed by atoms with Gasteiger partial charge < -0.3 is 5.73 Å². The lowest BCUT2D eigenvalue weighted by atomic mass is 9.96. The molecule has 0 heterocycles. The van der Waals surface area contributed by atoms with Crippen LogP contribution in [-0.4, -0.2) is 0 Å². The van der Waals surface area contributed by atoms with Gasteiger partial charge in [-0.3, -0.25) is 0 Å². The van der Waals surface area contributed by atoms with E-state index in [2.05, 4.69) is 30.3 Å². The maximum absolute atomic E-state index is 6.25. The Kier molecular flexibility index (Phi) is 4.40. The highest BCUT2D eigenvalue weighted by Crippen LogP contribution is 2.25. The monoisotopic (exact) mass is 259 g/mol. The van der Waals surface area contributed by atoms with Gasteiger partial charge in [-0.05, 0) is 42.5 Å². The molecule has 0 spiro atoms. The van der Waals surface area contributed by atoms with Crippen LogP contribution in [0.1, 0.15) is 29.2 Å². The fourth-order valence-electron chi connectivity index (χ4n) is 2.15. The molecule has 1 nitrogen and oxygen atoms in total. The maximum Gasteiger partial charge on any atom is 0.0438 e. The summed E-state index contributed by atoms with van der Waals surface area (Å²) < 4.78 is 0. The van der Waals surface area contributed by atoms with Gasteiger partial charge in [-0.1, -0.05) is 54.1 Å². The Bertz CT molecular complexity index is 508. The van der Waals surface area contributed by atoms with Crippen molar-refractivity contribution in [3.63, 3.8) is 0 Å². The largest absolute Gasteiger partial charge is 0.324 e. The van der Waals surface area contributed by atoms with Crippen molar-refractivity contribution >= 4 is 11.6 Å². The lowest BCUT2D eigenvalue weighted by Gasteiger charge is -2.15. The van der Waals surface area contributed by atoms with E-state index in [0.29, 0.717) is 0 Å². The summed E-state index contributed by atoms with van der Waals surface area (Å²) in [6.07, 6.45) is 1.93. The molecule has 1 unspecified atom stereocenters. The van der Waals surface area contributed by atoms with Gasteiger partial charge in [0.05, 0.1) is 0 Å². The van der Waals surface area contributed by atoms with Crippen LogP contribution in [0.15, 0.2) is 48.5 Å². The Morgan fingerprint density at radius 2 is 1.78 bits per heavy atom. The molecule has 0 amide bonds. The van der Waals surface area contributed by atoms with Crippen molar-refractivity contribution < 1.29 is 0 Å². The Morgan fingerprint density at radius 3 is 2.50 bits per heavy atom. The third-order valence-corrected chi connectivity index (χ3v) is 3.71. The molecule has 2 rings (SSSR count). The molecule has 0 fully saturated rings. The van der Waals surface area contributed by atoms with Crippen LogP contribution in [-0.2, 0) is 6.42 Å². The first-order chi connectivity index (χ1) is 8.68. The molecule has 18 heavy (non-hydrogen) atoms. The summed E-state index contributed by atoms with van der Waals surface area (Å²) in [4.78, 5) is 0. The molecule has 2 aromatic rings. The van der Waals surface area contributed by atoms with Crippen molar-refractivity contribution in [3.05, 3.63) is 70.2 Å². The summed E-state index contributed by atoms with van der Waals surface area (Å²) in [6.45, 7) is 2.03. The molecule has 94 valence electrons. The maximum atomic E-state index is 6.25. The van der Waals surface area contributed by atoms with E-state index in [1.54, 1.807) is 0 Å². The predicted molar refractivity (Wildman–Crippen MR) is 77.9 cm³/mol. The van der Waals surface area contributed by atoms with Crippen LogP contribution < -0.4 is 5.73 Å². The Labute approximate surface area is 114 Å². The molecule has 0 aliphatic carbocycles. The van der Waals surface area contributed by atoms with E-state index >= 15 is 0 Å². The van der Waals surface area contributed by atoms with E-state index in [1.807, 2.05) is 25.1 Å². The molecule has 0 aliphatic rings. The molecule has 2 N–H and O–H groups in total. The number of aryl methyl sites for hydroxylation is 1. The summed E-state index contributed by atoms with van der Waals surface area (Å²) >= 11 is 6.12. The van der Waals surface area contributed by atoms with Gasteiger partial charge in [-0.25, -0.2) is 0 Å². The van der Waals surface area contributed by atoms with E-state index in [9.17, 15) is 0 Å². The van der Waals surface area contributed by atoms with E-state index in [-0.39, 0.29) is 6.04 Å². The van der Waals surface area contributed by atoms with Crippen LogP contribution in [0.25, 0.3) is 0 Å². The summed E-state index contributed by atoms with van der Waals surface area (Å²) in [6, 6.07) is 16.4. The second kappa shape index (κ2) is 6.03. The normalized spacial score (nSPS) is 12.4. The summed E-state index contributed by atoms with van der Waals surface area (Å²) in [5.41, 5.74) is 9.83. The quantitative estimate of drug-likeness (QED) is 0.871. The fourth-order valence-corrected chi connectivity index (χ4v) is 2.33. The first kappa shape index (κ1) is 13.1. The molecule has 0 radical (unpaired) electrons. The topological polar surface area (TPSA) is 26.0 Å². The minimum Gasteiger partial charge on any atom is -0.324 e. The minimum absolute atomic E-state index is 0.0453. The zero-order valence-corrected chi connectivity index (χ0v) is 11.3. The smallest absolute Gasteiger partial charge is 0.0438 e. The first-order valence-corrected chi connectivity index (χ1v) is 6.61. The number of rotatable bonds is 4. The average molecular weight is 260 g/mol. The van der Waals surface area contributed by atoms with Gasteiger partial charge in [-0.15, -0.1) is 0 Å². The second-order valence-corrected chi connectivity index (χ2v) is 4.99. The first-order valence-electron chi connectivity index (χ1n) is 6.23. The van der Waals surface area contributed by atoms with Crippen molar-refractivity contribution in [2.45, 2.75) is 25.8 Å². The van der Waals surface area contributed by atoms with Crippen LogP contribution in [0, 0.1) is 6.92 Å². The Balaban J connectivity index is 2.04. The molecule has 0 bridgehead atoms. The highest BCUT2D eigenvalue weighted by atomic mass is 35.5. The molecule has 2 heteroatoms. The van der Waals surface area contributed by atoms with E-state index in [1.165, 1.54) is 5.56 Å². The third kappa shape index (κ3) is 3.12. The predicted octanol–water partition coefficient (Wildman–Crippen LogP) is 4.28. The molecule has 0 saturated heterocycles. The number of hydrogen-bond donors (Lipinski definition) is 1. The van der Waals surface area contributed by atoms with Crippen LogP contribution in [0.2, 0.25) is 5.02 Å². The summed E-state index contributed by atoms with van der Waals surface area (Å²) in [5.74, 6) is 0. The van der Waals surface area contributed by atoms with Gasteiger partial charge in [0.2, 0.25) is 0 Å². The fraction of sp³-hybridized carbons (Fsp3) is 0.250. The lowest BCUT2D eigenvalue weighted by Crippen LogP contribution is -2.12. The highest BCUT2D eigenvalue weighted by molar-refractivity contribution is 6.31. The zero-order valence-electron chi connectivity index (χ0n) is 10.6. The third-order valence-electron chi connectivity index (χ3n) is 3.30. The molecular weight excluding hydrogens is 242 g/mol. The van der Waals surface area contributed by atoms with Gasteiger partial charge in [-0.2, -0.15) is 0 Å². The standard InChI is InChI=1S/C16H18ClN/c1-12-14(8-5-9-15(12)17)16(18)11-10-13-6-3-2-4-7-13/h2-9,16H,10-11,18H2,1H3. The van der Waals surface area contributed by atoms with Crippen molar-refractivity contribution in [1.29, 1.82) is 0 Å². The average Bonchev–Trinajstić information content (AvgIpc) is 2.40. The van der Waals surface area contributed by atoms with Crippen molar-refractivity contribution in [2.24, 2.45) is 5.73 Å². The van der Waals surface area contributed by atoms with Crippen molar-refractivity contribution in [1.82, 2.24) is 0 Å². The van der Waals surface area contributed by atoms with E-state index in [0.717, 1.165) is 29.0 Å². The van der Waals surface area contributed by atoms with Crippen LogP contribution in [0.3, 0.4) is 0 Å². The van der Waals surface area contributed by atoms with Crippen molar-refractivity contribution in [3.8, 4) is 0 Å². The second-order valence-electron chi connectivity index (χ2n) is 4.58. The minimum atomic E-state index is 0.0453. The molecular formula is C16H18ClN. The molecule has 1 atom stereocenters. The summed E-state index contributed by atoms with van der Waals surface area (Å²) in [7, 11) is 0. The molecule has 0 saturated carbocycles. The summed E-state index contributed by atoms with van der Waals surface area (Å²) in [5, 5.41) is 0.794. The van der Waals surface area contributed by atoms with Crippen LogP contribution >= 0.6 is 11.6 Å². The van der Waals surface area contributed by atoms with Gasteiger partial charge >= 0.3 is 0 Å². The van der Waals surface area contributed by atoms with Crippen LogP contribution in [0.4, 0.5) is 0 Å². The van der Waals surface area contributed by atoms with E-state index in [4.69, 9.17) is 17.3 Å². The SMILES string of the molecule is Cc1c(Cl)cccc1C(N)CCc1ccccc1. The number of benzene rings is 2. The molecule has 2 aromatic carbocycles. The Morgan fingerprint density at radius 1 is 1.06 bits per heavy atom. The molecule has 0 aromatic heterocycles. The van der Waals surface area contributed by atoms with Crippen LogP contribution in [0.5, 0.6) is 0 Å². The molecule has 0 aliphatic heterocycles. The zero-order chi connectivity index (χ0) is 13.0.